The number of nitrogen functional groups attached to an aromatic ring is 1. The molecule has 0 aliphatic rings. The fourth-order valence-corrected chi connectivity index (χ4v) is 1.59. The summed E-state index contributed by atoms with van der Waals surface area (Å²) in [6.45, 7) is 1.28. The van der Waals surface area contributed by atoms with Crippen LogP contribution in [0.25, 0.3) is 11.4 Å². The molecule has 0 aliphatic heterocycles. The SMILES string of the molecule is Cc1nc(-c2cc(F)cc(C(F)(F)F)c2)nc(N)c1F. The molecular weight excluding hydrogens is 281 g/mol. The number of benzene rings is 1. The Hall–Kier alpha value is -2.25. The predicted octanol–water partition coefficient (Wildman–Crippen LogP) is 3.33. The average Bonchev–Trinajstić information content (AvgIpc) is 2.33. The van der Waals surface area contributed by atoms with Gasteiger partial charge in [-0.05, 0) is 25.1 Å². The molecule has 2 rings (SSSR count). The lowest BCUT2D eigenvalue weighted by molar-refractivity contribution is -0.137. The monoisotopic (exact) mass is 289 g/mol. The molecule has 0 unspecified atom stereocenters. The van der Waals surface area contributed by atoms with Crippen LogP contribution < -0.4 is 5.73 Å². The van der Waals surface area contributed by atoms with Crippen molar-refractivity contribution in [3.63, 3.8) is 0 Å². The molecular formula is C12H8F5N3. The molecule has 1 heterocycles. The summed E-state index contributed by atoms with van der Waals surface area (Å²) in [5, 5.41) is 0. The minimum atomic E-state index is -4.71. The molecule has 20 heavy (non-hydrogen) atoms. The average molecular weight is 289 g/mol. The summed E-state index contributed by atoms with van der Waals surface area (Å²) in [6, 6.07) is 1.85. The van der Waals surface area contributed by atoms with Crippen molar-refractivity contribution < 1.29 is 22.0 Å². The standard InChI is InChI=1S/C12H8F5N3/c1-5-9(14)10(18)20-11(19-5)6-2-7(12(15,16)17)4-8(13)3-6/h2-4H,1H3,(H2,18,19,20). The van der Waals surface area contributed by atoms with E-state index in [0.29, 0.717) is 12.1 Å². The number of aromatic nitrogens is 2. The highest BCUT2D eigenvalue weighted by atomic mass is 19.4. The lowest BCUT2D eigenvalue weighted by Gasteiger charge is -2.10. The second-order valence-electron chi connectivity index (χ2n) is 4.06. The first-order chi connectivity index (χ1) is 9.18. The van der Waals surface area contributed by atoms with Crippen molar-refractivity contribution in [3.05, 3.63) is 41.1 Å². The Labute approximate surface area is 110 Å². The number of nitrogens with two attached hydrogens (primary N) is 1. The molecule has 0 aliphatic carbocycles. The van der Waals surface area contributed by atoms with Gasteiger partial charge in [0.2, 0.25) is 0 Å². The first kappa shape index (κ1) is 14.2. The zero-order chi connectivity index (χ0) is 15.1. The molecule has 106 valence electrons. The summed E-state index contributed by atoms with van der Waals surface area (Å²) in [6.07, 6.45) is -4.71. The number of hydrogen-bond acceptors (Lipinski definition) is 3. The fraction of sp³-hybridized carbons (Fsp3) is 0.167. The zero-order valence-corrected chi connectivity index (χ0v) is 10.1. The van der Waals surface area contributed by atoms with Crippen LogP contribution in [0.5, 0.6) is 0 Å². The van der Waals surface area contributed by atoms with Crippen LogP contribution in [0.1, 0.15) is 11.3 Å². The molecule has 0 saturated heterocycles. The van der Waals surface area contributed by atoms with Gasteiger partial charge in [0, 0.05) is 5.56 Å². The predicted molar refractivity (Wildman–Crippen MR) is 61.5 cm³/mol. The van der Waals surface area contributed by atoms with Crippen molar-refractivity contribution in [2.24, 2.45) is 0 Å². The third-order valence-electron chi connectivity index (χ3n) is 2.53. The van der Waals surface area contributed by atoms with Crippen LogP contribution >= 0.6 is 0 Å². The van der Waals surface area contributed by atoms with E-state index in [1.54, 1.807) is 0 Å². The molecule has 2 aromatic rings. The van der Waals surface area contributed by atoms with Crippen LogP contribution in [0.15, 0.2) is 18.2 Å². The molecule has 1 aromatic carbocycles. The van der Waals surface area contributed by atoms with Crippen molar-refractivity contribution in [1.29, 1.82) is 0 Å². The maximum atomic E-state index is 13.3. The highest BCUT2D eigenvalue weighted by molar-refractivity contribution is 5.58. The van der Waals surface area contributed by atoms with Gasteiger partial charge in [0.15, 0.2) is 17.5 Å². The molecule has 0 radical (unpaired) electrons. The lowest BCUT2D eigenvalue weighted by Crippen LogP contribution is -2.07. The quantitative estimate of drug-likeness (QED) is 0.819. The van der Waals surface area contributed by atoms with E-state index in [0.717, 1.165) is 6.07 Å². The van der Waals surface area contributed by atoms with Gasteiger partial charge in [0.05, 0.1) is 11.3 Å². The largest absolute Gasteiger partial charge is 0.416 e. The lowest BCUT2D eigenvalue weighted by atomic mass is 10.1. The van der Waals surface area contributed by atoms with Crippen LogP contribution in [-0.2, 0) is 6.18 Å². The van der Waals surface area contributed by atoms with Gasteiger partial charge in [-0.1, -0.05) is 0 Å². The normalized spacial score (nSPS) is 11.7. The fourth-order valence-electron chi connectivity index (χ4n) is 1.59. The van der Waals surface area contributed by atoms with Crippen molar-refractivity contribution in [2.75, 3.05) is 5.73 Å². The minimum Gasteiger partial charge on any atom is -0.381 e. The van der Waals surface area contributed by atoms with E-state index in [1.807, 2.05) is 0 Å². The highest BCUT2D eigenvalue weighted by Gasteiger charge is 2.31. The van der Waals surface area contributed by atoms with Gasteiger partial charge in [0.25, 0.3) is 0 Å². The Morgan fingerprint density at radius 3 is 2.25 bits per heavy atom. The van der Waals surface area contributed by atoms with E-state index in [4.69, 9.17) is 5.73 Å². The summed E-state index contributed by atoms with van der Waals surface area (Å²) in [5.74, 6) is -2.74. The first-order valence-electron chi connectivity index (χ1n) is 5.36. The summed E-state index contributed by atoms with van der Waals surface area (Å²) in [7, 11) is 0. The number of nitrogens with zero attached hydrogens (tertiary/aromatic N) is 2. The van der Waals surface area contributed by atoms with Crippen molar-refractivity contribution in [2.45, 2.75) is 13.1 Å². The first-order valence-corrected chi connectivity index (χ1v) is 5.36. The Morgan fingerprint density at radius 2 is 1.70 bits per heavy atom. The molecule has 0 saturated carbocycles. The number of hydrogen-bond donors (Lipinski definition) is 1. The smallest absolute Gasteiger partial charge is 0.381 e. The number of alkyl halides is 3. The van der Waals surface area contributed by atoms with E-state index in [2.05, 4.69) is 9.97 Å². The van der Waals surface area contributed by atoms with Crippen LogP contribution in [0, 0.1) is 18.6 Å². The summed E-state index contributed by atoms with van der Waals surface area (Å²) in [4.78, 5) is 7.19. The third-order valence-corrected chi connectivity index (χ3v) is 2.53. The van der Waals surface area contributed by atoms with Gasteiger partial charge < -0.3 is 5.73 Å². The number of aryl methyl sites for hydroxylation is 1. The summed E-state index contributed by atoms with van der Waals surface area (Å²) < 4.78 is 64.3. The van der Waals surface area contributed by atoms with Crippen molar-refractivity contribution in [3.8, 4) is 11.4 Å². The van der Waals surface area contributed by atoms with E-state index in [9.17, 15) is 22.0 Å². The van der Waals surface area contributed by atoms with Crippen LogP contribution in [-0.4, -0.2) is 9.97 Å². The maximum Gasteiger partial charge on any atom is 0.416 e. The van der Waals surface area contributed by atoms with E-state index >= 15 is 0 Å². The molecule has 8 heteroatoms. The zero-order valence-electron chi connectivity index (χ0n) is 10.1. The minimum absolute atomic E-state index is 0.134. The van der Waals surface area contributed by atoms with Gasteiger partial charge >= 0.3 is 6.18 Å². The third kappa shape index (κ3) is 2.68. The molecule has 2 N–H and O–H groups in total. The van der Waals surface area contributed by atoms with Crippen LogP contribution in [0.4, 0.5) is 27.8 Å². The topological polar surface area (TPSA) is 51.8 Å². The molecule has 0 bridgehead atoms. The Bertz CT molecular complexity index is 644. The van der Waals surface area contributed by atoms with Gasteiger partial charge in [-0.25, -0.2) is 18.7 Å². The number of halogens is 5. The molecule has 1 aromatic heterocycles. The van der Waals surface area contributed by atoms with Crippen molar-refractivity contribution in [1.82, 2.24) is 9.97 Å². The van der Waals surface area contributed by atoms with Crippen molar-refractivity contribution >= 4 is 5.82 Å². The van der Waals surface area contributed by atoms with Gasteiger partial charge in [-0.3, -0.25) is 0 Å². The van der Waals surface area contributed by atoms with Gasteiger partial charge in [0.1, 0.15) is 5.82 Å². The molecule has 0 amide bonds. The Balaban J connectivity index is 2.61. The Kier molecular flexibility index (Phi) is 3.33. The number of anilines is 1. The molecule has 0 atom stereocenters. The van der Waals surface area contributed by atoms with Crippen LogP contribution in [0.3, 0.4) is 0 Å². The second kappa shape index (κ2) is 4.69. The van der Waals surface area contributed by atoms with Crippen LogP contribution in [0.2, 0.25) is 0 Å². The molecule has 0 spiro atoms. The van der Waals surface area contributed by atoms with Gasteiger partial charge in [-0.2, -0.15) is 13.2 Å². The summed E-state index contributed by atoms with van der Waals surface area (Å²) >= 11 is 0. The van der Waals surface area contributed by atoms with Gasteiger partial charge in [-0.15, -0.1) is 0 Å². The second-order valence-corrected chi connectivity index (χ2v) is 4.06. The van der Waals surface area contributed by atoms with E-state index in [-0.39, 0.29) is 17.1 Å². The Morgan fingerprint density at radius 1 is 1.05 bits per heavy atom. The number of rotatable bonds is 1. The molecule has 0 fully saturated rings. The maximum absolute atomic E-state index is 13.3. The highest BCUT2D eigenvalue weighted by Crippen LogP contribution is 2.32. The van der Waals surface area contributed by atoms with E-state index in [1.165, 1.54) is 6.92 Å². The van der Waals surface area contributed by atoms with E-state index < -0.39 is 29.2 Å². The molecule has 3 nitrogen and oxygen atoms in total. The summed E-state index contributed by atoms with van der Waals surface area (Å²) in [5.41, 5.74) is 3.73.